The Morgan fingerprint density at radius 2 is 1.89 bits per heavy atom. The summed E-state index contributed by atoms with van der Waals surface area (Å²) < 4.78 is 21.9. The fourth-order valence-electron chi connectivity index (χ4n) is 1.31. The third-order valence-corrected chi connectivity index (χ3v) is 2.88. The highest BCUT2D eigenvalue weighted by molar-refractivity contribution is 9.10. The van der Waals surface area contributed by atoms with Crippen LogP contribution in [0.25, 0.3) is 0 Å². The molecule has 0 atom stereocenters. The Morgan fingerprint density at radius 3 is 2.56 bits per heavy atom. The molecule has 1 aromatic carbocycles. The first-order valence-corrected chi connectivity index (χ1v) is 6.60. The number of hydrogen-bond donors (Lipinski definition) is 0. The minimum atomic E-state index is 0.623. The van der Waals surface area contributed by atoms with E-state index in [-0.39, 0.29) is 0 Å². The molecular weight excluding hydrogens is 300 g/mol. The Labute approximate surface area is 116 Å². The molecule has 0 aromatic heterocycles. The van der Waals surface area contributed by atoms with E-state index >= 15 is 0 Å². The maximum atomic E-state index is 5.63. The van der Waals surface area contributed by atoms with Gasteiger partial charge in [0, 0.05) is 20.1 Å². The first-order valence-electron chi connectivity index (χ1n) is 5.81. The summed E-state index contributed by atoms with van der Waals surface area (Å²) in [6, 6.07) is 5.63. The summed E-state index contributed by atoms with van der Waals surface area (Å²) in [5, 5.41) is 0. The smallest absolute Gasteiger partial charge is 0.133 e. The van der Waals surface area contributed by atoms with Crippen LogP contribution in [-0.4, -0.2) is 40.6 Å². The van der Waals surface area contributed by atoms with Crippen molar-refractivity contribution in [3.05, 3.63) is 22.7 Å². The molecule has 0 unspecified atom stereocenters. The number of ether oxygens (including phenoxy) is 4. The monoisotopic (exact) mass is 318 g/mol. The summed E-state index contributed by atoms with van der Waals surface area (Å²) in [7, 11) is 3.30. The molecule has 0 aliphatic heterocycles. The van der Waals surface area contributed by atoms with Crippen LogP contribution >= 0.6 is 15.9 Å². The molecule has 0 N–H and O–H groups in total. The molecule has 0 fully saturated rings. The average Bonchev–Trinajstić information content (AvgIpc) is 2.39. The number of methoxy groups -OCH3 is 2. The van der Waals surface area contributed by atoms with Gasteiger partial charge in [0.05, 0.1) is 31.4 Å². The summed E-state index contributed by atoms with van der Waals surface area (Å²) in [4.78, 5) is 0. The molecule has 0 bridgehead atoms. The first-order chi connectivity index (χ1) is 8.77. The SMILES string of the molecule is COCCOCCCOc1ccc(OC)cc1Br. The van der Waals surface area contributed by atoms with Gasteiger partial charge in [-0.2, -0.15) is 0 Å². The Hall–Kier alpha value is -0.780. The van der Waals surface area contributed by atoms with Gasteiger partial charge in [0.15, 0.2) is 0 Å². The molecule has 1 rings (SSSR count). The van der Waals surface area contributed by atoms with Crippen LogP contribution in [0.15, 0.2) is 22.7 Å². The van der Waals surface area contributed by atoms with E-state index < -0.39 is 0 Å². The van der Waals surface area contributed by atoms with Crippen LogP contribution in [0.5, 0.6) is 11.5 Å². The van der Waals surface area contributed by atoms with Gasteiger partial charge in [0.2, 0.25) is 0 Å². The highest BCUT2D eigenvalue weighted by Gasteiger charge is 2.02. The Kier molecular flexibility index (Phi) is 7.80. The summed E-state index contributed by atoms with van der Waals surface area (Å²) in [5.74, 6) is 1.62. The van der Waals surface area contributed by atoms with Gasteiger partial charge in [-0.3, -0.25) is 0 Å². The maximum Gasteiger partial charge on any atom is 0.133 e. The predicted octanol–water partition coefficient (Wildman–Crippen LogP) is 2.89. The molecule has 4 nitrogen and oxygen atoms in total. The largest absolute Gasteiger partial charge is 0.497 e. The highest BCUT2D eigenvalue weighted by Crippen LogP contribution is 2.29. The van der Waals surface area contributed by atoms with Gasteiger partial charge in [0.1, 0.15) is 11.5 Å². The van der Waals surface area contributed by atoms with E-state index in [1.54, 1.807) is 14.2 Å². The molecular formula is C13H19BrO4. The maximum absolute atomic E-state index is 5.63. The summed E-state index contributed by atoms with van der Waals surface area (Å²) in [5.41, 5.74) is 0. The lowest BCUT2D eigenvalue weighted by atomic mass is 10.3. The van der Waals surface area contributed by atoms with E-state index in [4.69, 9.17) is 18.9 Å². The lowest BCUT2D eigenvalue weighted by Gasteiger charge is -2.09. The van der Waals surface area contributed by atoms with Crippen molar-refractivity contribution in [3.63, 3.8) is 0 Å². The van der Waals surface area contributed by atoms with Crippen molar-refractivity contribution in [3.8, 4) is 11.5 Å². The molecule has 0 saturated carbocycles. The van der Waals surface area contributed by atoms with E-state index in [1.165, 1.54) is 0 Å². The van der Waals surface area contributed by atoms with Crippen LogP contribution in [0.1, 0.15) is 6.42 Å². The second-order valence-corrected chi connectivity index (χ2v) is 4.46. The van der Waals surface area contributed by atoms with Crippen molar-refractivity contribution in [1.29, 1.82) is 0 Å². The van der Waals surface area contributed by atoms with E-state index in [1.807, 2.05) is 18.2 Å². The molecule has 1 aromatic rings. The van der Waals surface area contributed by atoms with E-state index in [9.17, 15) is 0 Å². The van der Waals surface area contributed by atoms with Crippen molar-refractivity contribution in [2.45, 2.75) is 6.42 Å². The van der Waals surface area contributed by atoms with Crippen LogP contribution in [0.2, 0.25) is 0 Å². The van der Waals surface area contributed by atoms with E-state index in [2.05, 4.69) is 15.9 Å². The zero-order valence-electron chi connectivity index (χ0n) is 10.8. The minimum Gasteiger partial charge on any atom is -0.497 e. The van der Waals surface area contributed by atoms with Gasteiger partial charge in [0.25, 0.3) is 0 Å². The zero-order valence-corrected chi connectivity index (χ0v) is 12.4. The second kappa shape index (κ2) is 9.19. The van der Waals surface area contributed by atoms with E-state index in [0.29, 0.717) is 26.4 Å². The standard InChI is InChI=1S/C13H19BrO4/c1-15-8-9-17-6-3-7-18-13-5-4-11(16-2)10-12(13)14/h4-5,10H,3,6-9H2,1-2H3. The topological polar surface area (TPSA) is 36.9 Å². The molecule has 18 heavy (non-hydrogen) atoms. The quantitative estimate of drug-likeness (QED) is 0.656. The second-order valence-electron chi connectivity index (χ2n) is 3.60. The third kappa shape index (κ3) is 5.71. The van der Waals surface area contributed by atoms with Crippen LogP contribution in [0.3, 0.4) is 0 Å². The Balaban J connectivity index is 2.19. The lowest BCUT2D eigenvalue weighted by molar-refractivity contribution is 0.0644. The van der Waals surface area contributed by atoms with Crippen molar-refractivity contribution < 1.29 is 18.9 Å². The third-order valence-electron chi connectivity index (χ3n) is 2.26. The number of halogens is 1. The van der Waals surface area contributed by atoms with Crippen molar-refractivity contribution in [2.24, 2.45) is 0 Å². The fraction of sp³-hybridized carbons (Fsp3) is 0.538. The minimum absolute atomic E-state index is 0.623. The first kappa shape index (κ1) is 15.3. The molecule has 102 valence electrons. The molecule has 0 aliphatic carbocycles. The van der Waals surface area contributed by atoms with Crippen LogP contribution in [0.4, 0.5) is 0 Å². The van der Waals surface area contributed by atoms with Crippen LogP contribution in [0, 0.1) is 0 Å². The predicted molar refractivity (Wildman–Crippen MR) is 73.5 cm³/mol. The van der Waals surface area contributed by atoms with Crippen molar-refractivity contribution in [2.75, 3.05) is 40.6 Å². The normalized spacial score (nSPS) is 10.4. The lowest BCUT2D eigenvalue weighted by Crippen LogP contribution is -2.06. The molecule has 0 radical (unpaired) electrons. The van der Waals surface area contributed by atoms with Gasteiger partial charge in [-0.15, -0.1) is 0 Å². The zero-order chi connectivity index (χ0) is 13.2. The van der Waals surface area contributed by atoms with Gasteiger partial charge < -0.3 is 18.9 Å². The van der Waals surface area contributed by atoms with Gasteiger partial charge in [-0.25, -0.2) is 0 Å². The van der Waals surface area contributed by atoms with Crippen LogP contribution in [-0.2, 0) is 9.47 Å². The van der Waals surface area contributed by atoms with Gasteiger partial charge >= 0.3 is 0 Å². The Morgan fingerprint density at radius 1 is 1.06 bits per heavy atom. The summed E-state index contributed by atoms with van der Waals surface area (Å²) in [6.45, 7) is 2.56. The highest BCUT2D eigenvalue weighted by atomic mass is 79.9. The van der Waals surface area contributed by atoms with Crippen LogP contribution < -0.4 is 9.47 Å². The summed E-state index contributed by atoms with van der Waals surface area (Å²) >= 11 is 3.44. The van der Waals surface area contributed by atoms with E-state index in [0.717, 1.165) is 22.4 Å². The Bertz CT molecular complexity index is 344. The molecule has 0 saturated heterocycles. The summed E-state index contributed by atoms with van der Waals surface area (Å²) in [6.07, 6.45) is 0.849. The number of rotatable bonds is 9. The molecule has 0 heterocycles. The molecule has 5 heteroatoms. The average molecular weight is 319 g/mol. The fourth-order valence-corrected chi connectivity index (χ4v) is 1.79. The van der Waals surface area contributed by atoms with Gasteiger partial charge in [-0.1, -0.05) is 0 Å². The van der Waals surface area contributed by atoms with Gasteiger partial charge in [-0.05, 0) is 34.1 Å². The molecule has 0 spiro atoms. The van der Waals surface area contributed by atoms with Crippen molar-refractivity contribution >= 4 is 15.9 Å². The molecule has 0 aliphatic rings. The molecule has 0 amide bonds. The number of hydrogen-bond acceptors (Lipinski definition) is 4. The number of benzene rings is 1. The van der Waals surface area contributed by atoms with Crippen molar-refractivity contribution in [1.82, 2.24) is 0 Å².